The predicted octanol–water partition coefficient (Wildman–Crippen LogP) is 2.33. The Kier molecular flexibility index (Phi) is 6.38. The number of carbonyl (C=O) groups is 1. The summed E-state index contributed by atoms with van der Waals surface area (Å²) < 4.78 is 10.1. The zero-order valence-corrected chi connectivity index (χ0v) is 13.3. The number of ether oxygens (including phenoxy) is 2. The Hall–Kier alpha value is -2.60. The molecule has 2 N–H and O–H groups in total. The number of carbonyl (C=O) groups excluding carboxylic acids is 1. The normalized spacial score (nSPS) is 10.2. The zero-order chi connectivity index (χ0) is 16.5. The number of aromatic nitrogens is 1. The molecule has 1 aromatic carbocycles. The number of pyridine rings is 1. The first-order chi connectivity index (χ1) is 11.2. The van der Waals surface area contributed by atoms with Gasteiger partial charge in [-0.25, -0.2) is 4.98 Å². The van der Waals surface area contributed by atoms with Gasteiger partial charge in [-0.1, -0.05) is 12.1 Å². The van der Waals surface area contributed by atoms with E-state index in [1.165, 1.54) is 0 Å². The summed E-state index contributed by atoms with van der Waals surface area (Å²) in [6.07, 6.45) is 1.97. The molecule has 1 heterocycles. The monoisotopic (exact) mass is 315 g/mol. The Morgan fingerprint density at radius 2 is 1.91 bits per heavy atom. The number of hydrogen-bond acceptors (Lipinski definition) is 5. The molecule has 0 atom stereocenters. The molecule has 0 saturated heterocycles. The maximum Gasteiger partial charge on any atom is 0.229 e. The Balaban J connectivity index is 1.84. The minimum Gasteiger partial charge on any atom is -0.497 e. The summed E-state index contributed by atoms with van der Waals surface area (Å²) in [5, 5.41) is 5.94. The maximum absolute atomic E-state index is 12.0. The Morgan fingerprint density at radius 3 is 2.52 bits per heavy atom. The smallest absolute Gasteiger partial charge is 0.229 e. The van der Waals surface area contributed by atoms with Crippen LogP contribution >= 0.6 is 0 Å². The summed E-state index contributed by atoms with van der Waals surface area (Å²) in [7, 11) is 3.27. The van der Waals surface area contributed by atoms with E-state index < -0.39 is 0 Å². The average Bonchev–Trinajstić information content (AvgIpc) is 2.57. The van der Waals surface area contributed by atoms with Crippen LogP contribution in [0.3, 0.4) is 0 Å². The first-order valence-corrected chi connectivity index (χ1v) is 7.33. The van der Waals surface area contributed by atoms with Crippen molar-refractivity contribution in [2.45, 2.75) is 6.42 Å². The first kappa shape index (κ1) is 16.8. The van der Waals surface area contributed by atoms with Crippen molar-refractivity contribution in [3.05, 3.63) is 48.2 Å². The van der Waals surface area contributed by atoms with Gasteiger partial charge >= 0.3 is 0 Å². The van der Waals surface area contributed by atoms with E-state index in [2.05, 4.69) is 15.6 Å². The van der Waals surface area contributed by atoms with Crippen molar-refractivity contribution in [3.8, 4) is 5.75 Å². The van der Waals surface area contributed by atoms with E-state index in [0.717, 1.165) is 17.0 Å². The van der Waals surface area contributed by atoms with Gasteiger partial charge in [-0.2, -0.15) is 0 Å². The van der Waals surface area contributed by atoms with Crippen molar-refractivity contribution < 1.29 is 14.3 Å². The summed E-state index contributed by atoms with van der Waals surface area (Å²) in [4.78, 5) is 16.2. The van der Waals surface area contributed by atoms with Crippen LogP contribution < -0.4 is 15.4 Å². The van der Waals surface area contributed by atoms with Crippen LogP contribution in [0.4, 0.5) is 11.5 Å². The number of nitrogens with zero attached hydrogens (tertiary/aromatic N) is 1. The number of nitrogens with one attached hydrogen (secondary N) is 2. The highest BCUT2D eigenvalue weighted by molar-refractivity contribution is 5.91. The number of benzene rings is 1. The summed E-state index contributed by atoms with van der Waals surface area (Å²) >= 11 is 0. The minimum atomic E-state index is -0.109. The molecule has 6 heteroatoms. The average molecular weight is 315 g/mol. The molecule has 0 unspecified atom stereocenters. The van der Waals surface area contributed by atoms with E-state index in [-0.39, 0.29) is 5.91 Å². The number of hydrogen-bond donors (Lipinski definition) is 2. The summed E-state index contributed by atoms with van der Waals surface area (Å²) in [6.45, 7) is 1.34. The number of anilines is 2. The van der Waals surface area contributed by atoms with E-state index in [9.17, 15) is 4.79 Å². The fourth-order valence-corrected chi connectivity index (χ4v) is 1.99. The third-order valence-electron chi connectivity index (χ3n) is 3.19. The highest BCUT2D eigenvalue weighted by Gasteiger charge is 2.05. The maximum atomic E-state index is 12.0. The molecular weight excluding hydrogens is 294 g/mol. The Bertz CT molecular complexity index is 612. The molecule has 0 spiro atoms. The van der Waals surface area contributed by atoms with Gasteiger partial charge < -0.3 is 20.1 Å². The lowest BCUT2D eigenvalue weighted by atomic mass is 10.1. The molecule has 0 aliphatic carbocycles. The van der Waals surface area contributed by atoms with Crippen LogP contribution in [0.1, 0.15) is 5.56 Å². The van der Waals surface area contributed by atoms with Gasteiger partial charge in [-0.3, -0.25) is 4.79 Å². The number of amides is 1. The van der Waals surface area contributed by atoms with Gasteiger partial charge in [-0.15, -0.1) is 0 Å². The summed E-state index contributed by atoms with van der Waals surface area (Å²) in [5.74, 6) is 1.19. The molecule has 0 fully saturated rings. The van der Waals surface area contributed by atoms with Crippen molar-refractivity contribution in [2.24, 2.45) is 0 Å². The summed E-state index contributed by atoms with van der Waals surface area (Å²) in [5.41, 5.74) is 1.80. The van der Waals surface area contributed by atoms with Gasteiger partial charge in [-0.05, 0) is 29.8 Å². The van der Waals surface area contributed by atoms with E-state index >= 15 is 0 Å². The largest absolute Gasteiger partial charge is 0.497 e. The van der Waals surface area contributed by atoms with Crippen molar-refractivity contribution in [3.63, 3.8) is 0 Å². The third-order valence-corrected chi connectivity index (χ3v) is 3.19. The van der Waals surface area contributed by atoms with Crippen LogP contribution in [0, 0.1) is 0 Å². The molecule has 2 rings (SSSR count). The number of methoxy groups -OCH3 is 2. The van der Waals surface area contributed by atoms with Gasteiger partial charge in [0.15, 0.2) is 0 Å². The molecule has 1 aromatic heterocycles. The molecule has 0 aliphatic rings. The molecule has 0 saturated carbocycles. The lowest BCUT2D eigenvalue weighted by Gasteiger charge is -2.08. The summed E-state index contributed by atoms with van der Waals surface area (Å²) in [6, 6.07) is 11.0. The van der Waals surface area contributed by atoms with E-state index in [1.54, 1.807) is 26.5 Å². The van der Waals surface area contributed by atoms with Crippen LogP contribution in [0.2, 0.25) is 0 Å². The van der Waals surface area contributed by atoms with Crippen molar-refractivity contribution >= 4 is 17.4 Å². The van der Waals surface area contributed by atoms with Crippen molar-refractivity contribution in [1.29, 1.82) is 0 Å². The van der Waals surface area contributed by atoms with Crippen molar-refractivity contribution in [2.75, 3.05) is 38.0 Å². The Labute approximate surface area is 135 Å². The van der Waals surface area contributed by atoms with Crippen LogP contribution in [0.15, 0.2) is 42.6 Å². The zero-order valence-electron chi connectivity index (χ0n) is 13.3. The highest BCUT2D eigenvalue weighted by Crippen LogP contribution is 2.13. The lowest BCUT2D eigenvalue weighted by molar-refractivity contribution is -0.115. The molecule has 0 aliphatic heterocycles. The van der Waals surface area contributed by atoms with Crippen molar-refractivity contribution in [1.82, 2.24) is 4.98 Å². The second kappa shape index (κ2) is 8.75. The van der Waals surface area contributed by atoms with Crippen LogP contribution in [-0.4, -0.2) is 38.3 Å². The van der Waals surface area contributed by atoms with E-state index in [0.29, 0.717) is 25.4 Å². The van der Waals surface area contributed by atoms with Crippen LogP contribution in [0.5, 0.6) is 5.75 Å². The van der Waals surface area contributed by atoms with Gasteiger partial charge in [0.25, 0.3) is 0 Å². The molecule has 0 bridgehead atoms. The van der Waals surface area contributed by atoms with Gasteiger partial charge in [0.05, 0.1) is 32.0 Å². The standard InChI is InChI=1S/C17H21N3O3/c1-22-10-9-18-14-5-8-16(19-12-14)20-17(21)11-13-3-6-15(23-2)7-4-13/h3-8,12,18H,9-11H2,1-2H3,(H,19,20,21). The molecule has 122 valence electrons. The predicted molar refractivity (Wildman–Crippen MR) is 89.9 cm³/mol. The van der Waals surface area contributed by atoms with Gasteiger partial charge in [0.2, 0.25) is 5.91 Å². The van der Waals surface area contributed by atoms with Gasteiger partial charge in [0, 0.05) is 13.7 Å². The molecule has 1 amide bonds. The molecule has 6 nitrogen and oxygen atoms in total. The fraction of sp³-hybridized carbons (Fsp3) is 0.294. The van der Waals surface area contributed by atoms with Crippen LogP contribution in [0.25, 0.3) is 0 Å². The van der Waals surface area contributed by atoms with E-state index in [4.69, 9.17) is 9.47 Å². The molecule has 0 radical (unpaired) electrons. The molecule has 23 heavy (non-hydrogen) atoms. The topological polar surface area (TPSA) is 72.5 Å². The van der Waals surface area contributed by atoms with Gasteiger partial charge in [0.1, 0.15) is 11.6 Å². The second-order valence-corrected chi connectivity index (χ2v) is 4.92. The van der Waals surface area contributed by atoms with E-state index in [1.807, 2.05) is 30.3 Å². The molecule has 2 aromatic rings. The number of rotatable bonds is 8. The third kappa shape index (κ3) is 5.60. The minimum absolute atomic E-state index is 0.109. The lowest BCUT2D eigenvalue weighted by Crippen LogP contribution is -2.15. The Morgan fingerprint density at radius 1 is 1.13 bits per heavy atom. The second-order valence-electron chi connectivity index (χ2n) is 4.92. The SMILES string of the molecule is COCCNc1ccc(NC(=O)Cc2ccc(OC)cc2)nc1. The fourth-order valence-electron chi connectivity index (χ4n) is 1.99. The first-order valence-electron chi connectivity index (χ1n) is 7.33. The highest BCUT2D eigenvalue weighted by atomic mass is 16.5. The quantitative estimate of drug-likeness (QED) is 0.732. The molecular formula is C17H21N3O3. The van der Waals surface area contributed by atoms with Crippen LogP contribution in [-0.2, 0) is 16.0 Å².